The lowest BCUT2D eigenvalue weighted by atomic mass is 10.0. The van der Waals surface area contributed by atoms with Gasteiger partial charge in [0.15, 0.2) is 0 Å². The van der Waals surface area contributed by atoms with Crippen LogP contribution in [0.2, 0.25) is 0 Å². The van der Waals surface area contributed by atoms with Gasteiger partial charge in [0, 0.05) is 36.4 Å². The summed E-state index contributed by atoms with van der Waals surface area (Å²) < 4.78 is 0. The van der Waals surface area contributed by atoms with E-state index in [1.54, 1.807) is 4.90 Å². The number of benzene rings is 2. The highest BCUT2D eigenvalue weighted by Crippen LogP contribution is 2.28. The molecule has 2 aromatic rings. The molecule has 1 unspecified atom stereocenters. The van der Waals surface area contributed by atoms with Gasteiger partial charge < -0.3 is 16.0 Å². The molecule has 138 valence electrons. The van der Waals surface area contributed by atoms with Crippen LogP contribution in [-0.2, 0) is 22.7 Å². The number of rotatable bonds is 4. The van der Waals surface area contributed by atoms with Gasteiger partial charge in [-0.15, -0.1) is 0 Å². The topological polar surface area (TPSA) is 105 Å². The van der Waals surface area contributed by atoms with Crippen LogP contribution in [0.15, 0.2) is 42.5 Å². The highest BCUT2D eigenvalue weighted by atomic mass is 16.2. The van der Waals surface area contributed by atoms with E-state index in [2.05, 4.69) is 10.6 Å². The van der Waals surface area contributed by atoms with Gasteiger partial charge in [-0.1, -0.05) is 12.1 Å². The van der Waals surface area contributed by atoms with Gasteiger partial charge in [-0.05, 0) is 47.9 Å². The van der Waals surface area contributed by atoms with Crippen molar-refractivity contribution < 1.29 is 14.4 Å². The molecule has 0 bridgehead atoms. The Balaban J connectivity index is 1.46. The monoisotopic (exact) mass is 364 g/mol. The maximum Gasteiger partial charge on any atom is 0.255 e. The predicted molar refractivity (Wildman–Crippen MR) is 101 cm³/mol. The van der Waals surface area contributed by atoms with Crippen LogP contribution in [0, 0.1) is 0 Å². The third-order valence-corrected chi connectivity index (χ3v) is 5.00. The second kappa shape index (κ2) is 6.75. The van der Waals surface area contributed by atoms with Crippen molar-refractivity contribution in [3.63, 3.8) is 0 Å². The molecule has 2 aromatic carbocycles. The van der Waals surface area contributed by atoms with Crippen molar-refractivity contribution in [2.24, 2.45) is 0 Å². The van der Waals surface area contributed by atoms with E-state index < -0.39 is 11.9 Å². The Morgan fingerprint density at radius 2 is 1.89 bits per heavy atom. The Kier molecular flexibility index (Phi) is 4.27. The van der Waals surface area contributed by atoms with Crippen molar-refractivity contribution in [2.75, 3.05) is 11.1 Å². The normalized spacial score (nSPS) is 19.0. The van der Waals surface area contributed by atoms with Crippen LogP contribution < -0.4 is 16.4 Å². The Bertz CT molecular complexity index is 923. The molecule has 3 amide bonds. The van der Waals surface area contributed by atoms with Gasteiger partial charge in [0.05, 0.1) is 0 Å². The fourth-order valence-electron chi connectivity index (χ4n) is 3.54. The lowest BCUT2D eigenvalue weighted by Gasteiger charge is -2.29. The number of imide groups is 1. The molecule has 4 rings (SSSR count). The largest absolute Gasteiger partial charge is 0.399 e. The Labute approximate surface area is 156 Å². The molecule has 4 N–H and O–H groups in total. The van der Waals surface area contributed by atoms with E-state index in [0.717, 1.165) is 16.8 Å². The van der Waals surface area contributed by atoms with Crippen LogP contribution in [0.1, 0.15) is 34.3 Å². The van der Waals surface area contributed by atoms with E-state index in [-0.39, 0.29) is 18.2 Å². The summed E-state index contributed by atoms with van der Waals surface area (Å²) in [5.74, 6) is -0.827. The summed E-state index contributed by atoms with van der Waals surface area (Å²) in [4.78, 5) is 37.7. The lowest BCUT2D eigenvalue weighted by molar-refractivity contribution is -0.136. The number of amides is 3. The average molecular weight is 364 g/mol. The van der Waals surface area contributed by atoms with Crippen molar-refractivity contribution in [3.05, 3.63) is 59.2 Å². The minimum Gasteiger partial charge on any atom is -0.399 e. The van der Waals surface area contributed by atoms with Crippen molar-refractivity contribution >= 4 is 29.1 Å². The van der Waals surface area contributed by atoms with Crippen LogP contribution in [0.25, 0.3) is 0 Å². The number of nitrogens with zero attached hydrogens (tertiary/aromatic N) is 1. The summed E-state index contributed by atoms with van der Waals surface area (Å²) in [7, 11) is 0. The van der Waals surface area contributed by atoms with Gasteiger partial charge in [-0.25, -0.2) is 0 Å². The van der Waals surface area contributed by atoms with E-state index in [9.17, 15) is 14.4 Å². The summed E-state index contributed by atoms with van der Waals surface area (Å²) in [6, 6.07) is 12.6. The molecule has 7 nitrogen and oxygen atoms in total. The Morgan fingerprint density at radius 3 is 2.63 bits per heavy atom. The zero-order chi connectivity index (χ0) is 19.0. The molecular formula is C20H20N4O3. The molecule has 0 aromatic heterocycles. The van der Waals surface area contributed by atoms with Gasteiger partial charge in [-0.2, -0.15) is 0 Å². The summed E-state index contributed by atoms with van der Waals surface area (Å²) in [5.41, 5.74) is 9.94. The summed E-state index contributed by atoms with van der Waals surface area (Å²) in [6.45, 7) is 1.000. The van der Waals surface area contributed by atoms with Gasteiger partial charge in [0.2, 0.25) is 11.8 Å². The standard InChI is InChI=1S/C20H20N4O3/c21-14-2-4-15(5-3-14)22-10-12-1-6-16-13(9-12)11-24(20(16)27)17-7-8-18(25)23-19(17)26/h1-6,9,17,22H,7-8,10-11,21H2,(H,23,25,26). The molecule has 2 aliphatic heterocycles. The maximum absolute atomic E-state index is 12.7. The first kappa shape index (κ1) is 17.1. The minimum atomic E-state index is -0.584. The van der Waals surface area contributed by atoms with E-state index >= 15 is 0 Å². The smallest absolute Gasteiger partial charge is 0.255 e. The number of nitrogen functional groups attached to an aromatic ring is 1. The van der Waals surface area contributed by atoms with Crippen molar-refractivity contribution in [1.82, 2.24) is 10.2 Å². The summed E-state index contributed by atoms with van der Waals surface area (Å²) in [5, 5.41) is 5.64. The van der Waals surface area contributed by atoms with E-state index in [0.29, 0.717) is 30.8 Å². The second-order valence-corrected chi connectivity index (χ2v) is 6.87. The van der Waals surface area contributed by atoms with Crippen LogP contribution in [0.5, 0.6) is 0 Å². The third kappa shape index (κ3) is 3.36. The second-order valence-electron chi connectivity index (χ2n) is 6.87. The van der Waals surface area contributed by atoms with Gasteiger partial charge in [0.1, 0.15) is 6.04 Å². The molecule has 1 fully saturated rings. The zero-order valence-electron chi connectivity index (χ0n) is 14.7. The number of carbonyl (C=O) groups is 3. The first-order valence-corrected chi connectivity index (χ1v) is 8.87. The number of nitrogens with one attached hydrogen (secondary N) is 2. The molecule has 0 saturated carbocycles. The molecule has 1 atom stereocenters. The Morgan fingerprint density at radius 1 is 1.11 bits per heavy atom. The first-order valence-electron chi connectivity index (χ1n) is 8.87. The highest BCUT2D eigenvalue weighted by molar-refractivity contribution is 6.05. The summed E-state index contributed by atoms with van der Waals surface area (Å²) in [6.07, 6.45) is 0.628. The highest BCUT2D eigenvalue weighted by Gasteiger charge is 2.38. The number of hydrogen-bond donors (Lipinski definition) is 3. The fourth-order valence-corrected chi connectivity index (χ4v) is 3.54. The van der Waals surface area contributed by atoms with E-state index in [1.807, 2.05) is 42.5 Å². The van der Waals surface area contributed by atoms with Crippen LogP contribution in [0.4, 0.5) is 11.4 Å². The predicted octanol–water partition coefficient (Wildman–Crippen LogP) is 1.64. The third-order valence-electron chi connectivity index (χ3n) is 5.00. The van der Waals surface area contributed by atoms with Gasteiger partial charge in [-0.3, -0.25) is 19.7 Å². The lowest BCUT2D eigenvalue weighted by Crippen LogP contribution is -2.52. The average Bonchev–Trinajstić information content (AvgIpc) is 2.97. The molecule has 0 spiro atoms. The fraction of sp³-hybridized carbons (Fsp3) is 0.250. The van der Waals surface area contributed by atoms with Crippen LogP contribution >= 0.6 is 0 Å². The number of hydrogen-bond acceptors (Lipinski definition) is 5. The number of nitrogens with two attached hydrogens (primary N) is 1. The van der Waals surface area contributed by atoms with E-state index in [1.165, 1.54) is 0 Å². The van der Waals surface area contributed by atoms with Gasteiger partial charge in [0.25, 0.3) is 5.91 Å². The molecule has 1 saturated heterocycles. The summed E-state index contributed by atoms with van der Waals surface area (Å²) >= 11 is 0. The van der Waals surface area contributed by atoms with Crippen LogP contribution in [0.3, 0.4) is 0 Å². The number of piperidine rings is 1. The first-order chi connectivity index (χ1) is 13.0. The number of anilines is 2. The van der Waals surface area contributed by atoms with E-state index in [4.69, 9.17) is 5.73 Å². The van der Waals surface area contributed by atoms with Crippen LogP contribution in [-0.4, -0.2) is 28.7 Å². The van der Waals surface area contributed by atoms with Gasteiger partial charge >= 0.3 is 0 Å². The molecule has 7 heteroatoms. The number of fused-ring (bicyclic) bond motifs is 1. The number of carbonyl (C=O) groups excluding carboxylic acids is 3. The SMILES string of the molecule is Nc1ccc(NCc2ccc3c(c2)CN(C2CCC(=O)NC2=O)C3=O)cc1. The zero-order valence-corrected chi connectivity index (χ0v) is 14.7. The molecule has 2 heterocycles. The quantitative estimate of drug-likeness (QED) is 0.565. The molecule has 2 aliphatic rings. The molecule has 0 radical (unpaired) electrons. The minimum absolute atomic E-state index is 0.155. The molecule has 27 heavy (non-hydrogen) atoms. The van der Waals surface area contributed by atoms with Crippen molar-refractivity contribution in [2.45, 2.75) is 32.0 Å². The van der Waals surface area contributed by atoms with Crippen molar-refractivity contribution in [3.8, 4) is 0 Å². The molecular weight excluding hydrogens is 344 g/mol. The van der Waals surface area contributed by atoms with Crippen molar-refractivity contribution in [1.29, 1.82) is 0 Å². The Hall–Kier alpha value is -3.35. The maximum atomic E-state index is 12.7. The molecule has 0 aliphatic carbocycles.